The van der Waals surface area contributed by atoms with E-state index in [2.05, 4.69) is 91.7 Å². The van der Waals surface area contributed by atoms with Crippen LogP contribution in [0.2, 0.25) is 13.1 Å². The molecule has 0 aliphatic heterocycles. The van der Waals surface area contributed by atoms with E-state index >= 15 is 0 Å². The number of aryl methyl sites for hydroxylation is 6. The third-order valence-corrected chi connectivity index (χ3v) is 11.2. The van der Waals surface area contributed by atoms with E-state index in [4.69, 9.17) is 9.97 Å². The van der Waals surface area contributed by atoms with Crippen LogP contribution in [0.5, 0.6) is 0 Å². The van der Waals surface area contributed by atoms with Crippen molar-refractivity contribution >= 4 is 41.0 Å². The zero-order chi connectivity index (χ0) is 23.2. The highest BCUT2D eigenvalue weighted by Gasteiger charge is 2.37. The SMILES string of the molecule is Cc1c(C)c(C)c2c(nc([Si](C)(C)c3nc4c(C)c(C)c(C)c(C)c4n3C)n2C)c1C. The highest BCUT2D eigenvalue weighted by molar-refractivity contribution is 6.98. The summed E-state index contributed by atoms with van der Waals surface area (Å²) >= 11 is 0. The third-order valence-electron chi connectivity index (χ3n) is 8.10. The molecule has 0 aliphatic carbocycles. The van der Waals surface area contributed by atoms with E-state index in [0.717, 1.165) is 11.0 Å². The fourth-order valence-corrected chi connectivity index (χ4v) is 8.32. The van der Waals surface area contributed by atoms with Gasteiger partial charge in [-0.15, -0.1) is 0 Å². The predicted octanol–water partition coefficient (Wildman–Crippen LogP) is 4.75. The summed E-state index contributed by atoms with van der Waals surface area (Å²) in [5.41, 5.74) is 18.0. The monoisotopic (exact) mass is 432 g/mol. The summed E-state index contributed by atoms with van der Waals surface area (Å²) in [6, 6.07) is 0. The Kier molecular flexibility index (Phi) is 4.78. The molecule has 2 aromatic heterocycles. The Balaban J connectivity index is 2.07. The van der Waals surface area contributed by atoms with Gasteiger partial charge in [0.05, 0.1) is 33.0 Å². The van der Waals surface area contributed by atoms with Crippen LogP contribution in [0.4, 0.5) is 0 Å². The minimum Gasteiger partial charge on any atom is -0.335 e. The van der Waals surface area contributed by atoms with Crippen molar-refractivity contribution in [3.63, 3.8) is 0 Å². The van der Waals surface area contributed by atoms with Gasteiger partial charge in [0.2, 0.25) is 8.07 Å². The van der Waals surface area contributed by atoms with E-state index in [9.17, 15) is 0 Å². The van der Waals surface area contributed by atoms with Crippen molar-refractivity contribution in [1.82, 2.24) is 19.1 Å². The Morgan fingerprint density at radius 1 is 0.484 bits per heavy atom. The van der Waals surface area contributed by atoms with Crippen molar-refractivity contribution in [1.29, 1.82) is 0 Å². The van der Waals surface area contributed by atoms with Crippen molar-refractivity contribution in [3.8, 4) is 0 Å². The van der Waals surface area contributed by atoms with Crippen molar-refractivity contribution in [2.45, 2.75) is 68.5 Å². The van der Waals surface area contributed by atoms with Crippen LogP contribution >= 0.6 is 0 Å². The number of nitrogens with zero attached hydrogens (tertiary/aromatic N) is 4. The molecule has 0 bridgehead atoms. The predicted molar refractivity (Wildman–Crippen MR) is 136 cm³/mol. The molecule has 4 aromatic rings. The van der Waals surface area contributed by atoms with Gasteiger partial charge in [0.1, 0.15) is 0 Å². The first-order chi connectivity index (χ1) is 14.3. The number of rotatable bonds is 2. The first-order valence-electron chi connectivity index (χ1n) is 11.2. The van der Waals surface area contributed by atoms with Gasteiger partial charge in [0.15, 0.2) is 0 Å². The number of benzene rings is 2. The van der Waals surface area contributed by atoms with Crippen LogP contribution in [0.3, 0.4) is 0 Å². The molecule has 0 amide bonds. The zero-order valence-electron chi connectivity index (χ0n) is 21.3. The lowest BCUT2D eigenvalue weighted by Crippen LogP contribution is -2.59. The average Bonchev–Trinajstić information content (AvgIpc) is 3.26. The normalized spacial score (nSPS) is 12.5. The lowest BCUT2D eigenvalue weighted by atomic mass is 9.97. The van der Waals surface area contributed by atoms with Gasteiger partial charge in [0, 0.05) is 14.1 Å². The third kappa shape index (κ3) is 2.72. The van der Waals surface area contributed by atoms with E-state index < -0.39 is 8.07 Å². The lowest BCUT2D eigenvalue weighted by Gasteiger charge is -2.22. The molecular formula is C26H36N4Si. The van der Waals surface area contributed by atoms with Crippen LogP contribution in [-0.2, 0) is 14.1 Å². The minimum absolute atomic E-state index is 1.15. The van der Waals surface area contributed by atoms with Crippen LogP contribution in [0.1, 0.15) is 44.5 Å². The standard InChI is InChI=1S/C26H36N4Si/c1-13-15(3)19(7)23-21(17(13)5)27-25(29(23)9)31(11,12)26-28-22-18(6)14(2)16(4)20(8)24(22)30(26)10/h1-12H3. The quantitative estimate of drug-likeness (QED) is 0.429. The molecule has 2 heterocycles. The summed E-state index contributed by atoms with van der Waals surface area (Å²) in [6.45, 7) is 22.6. The maximum atomic E-state index is 5.29. The lowest BCUT2D eigenvalue weighted by molar-refractivity contribution is 0.956. The smallest absolute Gasteiger partial charge is 0.201 e. The fourth-order valence-electron chi connectivity index (χ4n) is 5.43. The van der Waals surface area contributed by atoms with Gasteiger partial charge in [-0.05, 0) is 99.9 Å². The molecule has 0 unspecified atom stereocenters. The summed E-state index contributed by atoms with van der Waals surface area (Å²) in [6.07, 6.45) is 0. The van der Waals surface area contributed by atoms with E-state index in [1.807, 2.05) is 0 Å². The molecule has 164 valence electrons. The molecule has 5 heteroatoms. The molecule has 0 aliphatic rings. The van der Waals surface area contributed by atoms with Gasteiger partial charge in [-0.1, -0.05) is 13.1 Å². The maximum Gasteiger partial charge on any atom is 0.201 e. The zero-order valence-corrected chi connectivity index (χ0v) is 22.3. The number of aromatic nitrogens is 4. The van der Waals surface area contributed by atoms with Crippen molar-refractivity contribution in [3.05, 3.63) is 44.5 Å². The van der Waals surface area contributed by atoms with Gasteiger partial charge in [-0.3, -0.25) is 0 Å². The largest absolute Gasteiger partial charge is 0.335 e. The Hall–Kier alpha value is -2.40. The Bertz CT molecular complexity index is 1290. The molecule has 0 saturated carbocycles. The Morgan fingerprint density at radius 2 is 0.774 bits per heavy atom. The molecule has 0 atom stereocenters. The Morgan fingerprint density at radius 3 is 1.10 bits per heavy atom. The van der Waals surface area contributed by atoms with Crippen LogP contribution in [-0.4, -0.2) is 27.2 Å². The second-order valence-corrected chi connectivity index (χ2v) is 14.2. The van der Waals surface area contributed by atoms with Crippen molar-refractivity contribution in [2.75, 3.05) is 0 Å². The highest BCUT2D eigenvalue weighted by atomic mass is 28.3. The molecule has 0 radical (unpaired) electrons. The maximum absolute atomic E-state index is 5.29. The van der Waals surface area contributed by atoms with Gasteiger partial charge >= 0.3 is 0 Å². The van der Waals surface area contributed by atoms with Crippen molar-refractivity contribution in [2.24, 2.45) is 14.1 Å². The van der Waals surface area contributed by atoms with Gasteiger partial charge in [-0.25, -0.2) is 9.97 Å². The van der Waals surface area contributed by atoms with E-state index in [1.54, 1.807) is 0 Å². The van der Waals surface area contributed by atoms with Gasteiger partial charge in [0.25, 0.3) is 0 Å². The second kappa shape index (κ2) is 6.80. The van der Waals surface area contributed by atoms with Crippen molar-refractivity contribution < 1.29 is 0 Å². The van der Waals surface area contributed by atoms with Crippen LogP contribution in [0.25, 0.3) is 22.1 Å². The minimum atomic E-state index is -2.17. The average molecular weight is 433 g/mol. The second-order valence-electron chi connectivity index (χ2n) is 10.0. The van der Waals surface area contributed by atoms with Gasteiger partial charge < -0.3 is 9.13 Å². The summed E-state index contributed by atoms with van der Waals surface area (Å²) in [5.74, 6) is 0. The summed E-state index contributed by atoms with van der Waals surface area (Å²) in [4.78, 5) is 10.6. The molecule has 0 N–H and O–H groups in total. The fraction of sp³-hybridized carbons (Fsp3) is 0.462. The summed E-state index contributed by atoms with van der Waals surface area (Å²) < 4.78 is 4.71. The van der Waals surface area contributed by atoms with E-state index in [-0.39, 0.29) is 0 Å². The van der Waals surface area contributed by atoms with E-state index in [1.165, 1.54) is 66.4 Å². The van der Waals surface area contributed by atoms with Gasteiger partial charge in [-0.2, -0.15) is 0 Å². The first-order valence-corrected chi connectivity index (χ1v) is 14.2. The molecule has 0 fully saturated rings. The Labute approximate surface area is 187 Å². The first kappa shape index (κ1) is 21.8. The van der Waals surface area contributed by atoms with Crippen LogP contribution < -0.4 is 10.9 Å². The topological polar surface area (TPSA) is 35.6 Å². The highest BCUT2D eigenvalue weighted by Crippen LogP contribution is 2.30. The molecule has 2 aromatic carbocycles. The number of hydrogen-bond acceptors (Lipinski definition) is 2. The molecular weight excluding hydrogens is 396 g/mol. The van der Waals surface area contributed by atoms with Crippen LogP contribution in [0.15, 0.2) is 0 Å². The number of fused-ring (bicyclic) bond motifs is 2. The number of imidazole rings is 2. The van der Waals surface area contributed by atoms with Crippen LogP contribution in [0, 0.1) is 55.4 Å². The molecule has 0 saturated heterocycles. The molecule has 4 rings (SSSR count). The molecule has 4 nitrogen and oxygen atoms in total. The number of hydrogen-bond donors (Lipinski definition) is 0. The summed E-state index contributed by atoms with van der Waals surface area (Å²) in [5, 5.41) is 0. The molecule has 0 spiro atoms. The van der Waals surface area contributed by atoms with E-state index in [0.29, 0.717) is 0 Å². The summed E-state index contributed by atoms with van der Waals surface area (Å²) in [7, 11) is 2.21. The molecule has 31 heavy (non-hydrogen) atoms.